The molecule has 110 valence electrons. The van der Waals surface area contributed by atoms with Gasteiger partial charge >= 0.3 is 0 Å². The number of amides is 1. The number of ether oxygens (including phenoxy) is 1. The smallest absolute Gasteiger partial charge is 0.254 e. The van der Waals surface area contributed by atoms with Crippen LogP contribution in [0.25, 0.3) is 0 Å². The van der Waals surface area contributed by atoms with Crippen LogP contribution in [0.1, 0.15) is 37.6 Å². The number of rotatable bonds is 2. The number of nitrogens with zero attached hydrogens (tertiary/aromatic N) is 1. The second kappa shape index (κ2) is 5.73. The molecule has 1 aliphatic rings. The molecule has 4 heteroatoms. The lowest BCUT2D eigenvalue weighted by atomic mass is 9.85. The zero-order valence-electron chi connectivity index (χ0n) is 12.6. The third-order valence-corrected chi connectivity index (χ3v) is 4.28. The van der Waals surface area contributed by atoms with Gasteiger partial charge in [0.25, 0.3) is 5.91 Å². The molecule has 3 unspecified atom stereocenters. The van der Waals surface area contributed by atoms with Crippen LogP contribution >= 0.6 is 0 Å². The summed E-state index contributed by atoms with van der Waals surface area (Å²) < 4.78 is 5.01. The van der Waals surface area contributed by atoms with Crippen LogP contribution in [0.15, 0.2) is 18.2 Å². The van der Waals surface area contributed by atoms with Gasteiger partial charge in [-0.05, 0) is 43.4 Å². The zero-order chi connectivity index (χ0) is 14.9. The predicted octanol–water partition coefficient (Wildman–Crippen LogP) is 2.91. The number of aromatic hydroxyl groups is 1. The van der Waals surface area contributed by atoms with Crippen molar-refractivity contribution >= 4 is 5.91 Å². The Balaban J connectivity index is 2.24. The van der Waals surface area contributed by atoms with Gasteiger partial charge in [-0.1, -0.05) is 13.8 Å². The largest absolute Gasteiger partial charge is 0.504 e. The highest BCUT2D eigenvalue weighted by atomic mass is 16.5. The number of phenols is 1. The molecule has 0 spiro atoms. The number of carbonyl (C=O) groups excluding carboxylic acids is 1. The van der Waals surface area contributed by atoms with Crippen molar-refractivity contribution in [2.24, 2.45) is 11.8 Å². The van der Waals surface area contributed by atoms with Crippen molar-refractivity contribution in [2.45, 2.75) is 33.2 Å². The molecule has 1 fully saturated rings. The highest BCUT2D eigenvalue weighted by Gasteiger charge is 2.32. The minimum Gasteiger partial charge on any atom is -0.504 e. The van der Waals surface area contributed by atoms with E-state index in [-0.39, 0.29) is 17.7 Å². The fourth-order valence-corrected chi connectivity index (χ4v) is 2.97. The summed E-state index contributed by atoms with van der Waals surface area (Å²) in [6.07, 6.45) is 1.15. The SMILES string of the molecule is COc1ccc(C(=O)N2CC(C)CC(C)C2C)cc1O. The van der Waals surface area contributed by atoms with Gasteiger partial charge in [0.1, 0.15) is 0 Å². The number of benzene rings is 1. The molecule has 1 N–H and O–H groups in total. The lowest BCUT2D eigenvalue weighted by Crippen LogP contribution is -2.48. The summed E-state index contributed by atoms with van der Waals surface area (Å²) in [5.74, 6) is 1.37. The first-order valence-corrected chi connectivity index (χ1v) is 7.12. The Kier molecular flexibility index (Phi) is 4.21. The number of piperidine rings is 1. The maximum absolute atomic E-state index is 12.6. The van der Waals surface area contributed by atoms with E-state index in [0.29, 0.717) is 23.1 Å². The van der Waals surface area contributed by atoms with Crippen LogP contribution in [0.5, 0.6) is 11.5 Å². The van der Waals surface area contributed by atoms with E-state index >= 15 is 0 Å². The van der Waals surface area contributed by atoms with Crippen LogP contribution in [0, 0.1) is 11.8 Å². The van der Waals surface area contributed by atoms with E-state index < -0.39 is 0 Å². The number of hydrogen-bond donors (Lipinski definition) is 1. The fourth-order valence-electron chi connectivity index (χ4n) is 2.97. The molecule has 0 saturated carbocycles. The number of carbonyl (C=O) groups is 1. The molecule has 20 heavy (non-hydrogen) atoms. The number of phenolic OH excluding ortho intramolecular Hbond substituents is 1. The summed E-state index contributed by atoms with van der Waals surface area (Å²) in [4.78, 5) is 14.5. The molecule has 3 atom stereocenters. The van der Waals surface area contributed by atoms with Gasteiger partial charge in [0.15, 0.2) is 11.5 Å². The molecule has 4 nitrogen and oxygen atoms in total. The Bertz CT molecular complexity index is 500. The quantitative estimate of drug-likeness (QED) is 0.904. The van der Waals surface area contributed by atoms with Gasteiger partial charge in [0.2, 0.25) is 0 Å². The van der Waals surface area contributed by atoms with E-state index in [1.165, 1.54) is 13.2 Å². The number of methoxy groups -OCH3 is 1. The highest BCUT2D eigenvalue weighted by molar-refractivity contribution is 5.95. The first-order valence-electron chi connectivity index (χ1n) is 7.12. The highest BCUT2D eigenvalue weighted by Crippen LogP contribution is 2.30. The Morgan fingerprint density at radius 2 is 2.05 bits per heavy atom. The van der Waals surface area contributed by atoms with Crippen LogP contribution in [-0.2, 0) is 0 Å². The van der Waals surface area contributed by atoms with E-state index in [4.69, 9.17) is 4.74 Å². The topological polar surface area (TPSA) is 49.8 Å². The molecule has 0 aromatic heterocycles. The normalized spacial score (nSPS) is 26.4. The van der Waals surface area contributed by atoms with Crippen molar-refractivity contribution in [1.82, 2.24) is 4.90 Å². The predicted molar refractivity (Wildman–Crippen MR) is 78.1 cm³/mol. The molecule has 1 saturated heterocycles. The molecule has 1 aromatic carbocycles. The lowest BCUT2D eigenvalue weighted by molar-refractivity contribution is 0.0455. The van der Waals surface area contributed by atoms with Crippen molar-refractivity contribution in [3.05, 3.63) is 23.8 Å². The van der Waals surface area contributed by atoms with Crippen molar-refractivity contribution in [3.8, 4) is 11.5 Å². The number of hydrogen-bond acceptors (Lipinski definition) is 3. The second-order valence-electron chi connectivity index (χ2n) is 5.90. The monoisotopic (exact) mass is 277 g/mol. The minimum absolute atomic E-state index is 0.00381. The Morgan fingerprint density at radius 1 is 1.35 bits per heavy atom. The molecule has 0 radical (unpaired) electrons. The van der Waals surface area contributed by atoms with Crippen molar-refractivity contribution in [2.75, 3.05) is 13.7 Å². The van der Waals surface area contributed by atoms with Gasteiger partial charge in [-0.3, -0.25) is 4.79 Å². The van der Waals surface area contributed by atoms with Crippen molar-refractivity contribution in [3.63, 3.8) is 0 Å². The van der Waals surface area contributed by atoms with Gasteiger partial charge in [-0.15, -0.1) is 0 Å². The molecule has 1 aliphatic heterocycles. The van der Waals surface area contributed by atoms with Crippen LogP contribution in [0.3, 0.4) is 0 Å². The molecule has 1 aromatic rings. The van der Waals surface area contributed by atoms with Crippen molar-refractivity contribution < 1.29 is 14.6 Å². The summed E-state index contributed by atoms with van der Waals surface area (Å²) in [7, 11) is 1.49. The van der Waals surface area contributed by atoms with E-state index in [1.54, 1.807) is 12.1 Å². The summed E-state index contributed by atoms with van der Waals surface area (Å²) in [5, 5.41) is 9.81. The average Bonchev–Trinajstić information content (AvgIpc) is 2.42. The maximum atomic E-state index is 12.6. The summed E-state index contributed by atoms with van der Waals surface area (Å²) in [5.41, 5.74) is 0.511. The molecule has 1 amide bonds. The molecule has 0 bridgehead atoms. The lowest BCUT2D eigenvalue weighted by Gasteiger charge is -2.41. The third kappa shape index (κ3) is 2.74. The van der Waals surface area contributed by atoms with Crippen molar-refractivity contribution in [1.29, 1.82) is 0 Å². The first kappa shape index (κ1) is 14.7. The maximum Gasteiger partial charge on any atom is 0.254 e. The second-order valence-corrected chi connectivity index (χ2v) is 5.90. The summed E-state index contributed by atoms with van der Waals surface area (Å²) in [6.45, 7) is 7.23. The van der Waals surface area contributed by atoms with E-state index in [2.05, 4.69) is 20.8 Å². The van der Waals surface area contributed by atoms with Crippen LogP contribution in [0.4, 0.5) is 0 Å². The van der Waals surface area contributed by atoms with Gasteiger partial charge in [0.05, 0.1) is 7.11 Å². The van der Waals surface area contributed by atoms with Crippen LogP contribution < -0.4 is 4.74 Å². The summed E-state index contributed by atoms with van der Waals surface area (Å²) in [6, 6.07) is 5.04. The first-order chi connectivity index (χ1) is 9.43. The fraction of sp³-hybridized carbons (Fsp3) is 0.562. The third-order valence-electron chi connectivity index (χ3n) is 4.28. The van der Waals surface area contributed by atoms with E-state index in [0.717, 1.165) is 13.0 Å². The van der Waals surface area contributed by atoms with Gasteiger partial charge < -0.3 is 14.7 Å². The molecule has 0 aliphatic carbocycles. The van der Waals surface area contributed by atoms with Crippen LogP contribution in [0.2, 0.25) is 0 Å². The minimum atomic E-state index is -0.0196. The molecule has 1 heterocycles. The molecular formula is C16H23NO3. The Hall–Kier alpha value is -1.71. The average molecular weight is 277 g/mol. The van der Waals surface area contributed by atoms with Gasteiger partial charge in [0, 0.05) is 18.2 Å². The van der Waals surface area contributed by atoms with E-state index in [9.17, 15) is 9.90 Å². The standard InChI is InChI=1S/C16H23NO3/c1-10-7-11(2)12(3)17(9-10)16(19)13-5-6-15(20-4)14(18)8-13/h5-6,8,10-12,18H,7,9H2,1-4H3. The van der Waals surface area contributed by atoms with Crippen LogP contribution in [-0.4, -0.2) is 35.6 Å². The summed E-state index contributed by atoms with van der Waals surface area (Å²) >= 11 is 0. The van der Waals surface area contributed by atoms with Gasteiger partial charge in [-0.25, -0.2) is 0 Å². The Morgan fingerprint density at radius 3 is 2.65 bits per heavy atom. The zero-order valence-corrected chi connectivity index (χ0v) is 12.6. The molecular weight excluding hydrogens is 254 g/mol. The number of likely N-dealkylation sites (tertiary alicyclic amines) is 1. The van der Waals surface area contributed by atoms with Gasteiger partial charge in [-0.2, -0.15) is 0 Å². The molecule has 2 rings (SSSR count). The Labute approximate surface area is 120 Å². The van der Waals surface area contributed by atoms with E-state index in [1.807, 2.05) is 4.90 Å².